The first-order chi connectivity index (χ1) is 6.76. The van der Waals surface area contributed by atoms with E-state index in [4.69, 9.17) is 5.11 Å². The van der Waals surface area contributed by atoms with Gasteiger partial charge in [-0.3, -0.25) is 0 Å². The number of aliphatic hydroxyl groups excluding tert-OH is 1. The maximum Gasteiger partial charge on any atom is 0.0445 e. The summed E-state index contributed by atoms with van der Waals surface area (Å²) >= 11 is 0. The molecule has 1 fully saturated rings. The first kappa shape index (κ1) is 12.0. The molecule has 2 heteroatoms. The van der Waals surface area contributed by atoms with E-state index in [1.165, 1.54) is 32.1 Å². The first-order valence-electron chi connectivity index (χ1n) is 6.13. The van der Waals surface area contributed by atoms with Crippen LogP contribution >= 0.6 is 0 Å². The lowest BCUT2D eigenvalue weighted by Gasteiger charge is -2.30. The molecule has 1 rings (SSSR count). The minimum Gasteiger partial charge on any atom is -0.396 e. The van der Waals surface area contributed by atoms with Gasteiger partial charge in [0.2, 0.25) is 0 Å². The molecule has 1 aliphatic rings. The van der Waals surface area contributed by atoms with Crippen molar-refractivity contribution in [3.05, 3.63) is 0 Å². The molecule has 0 aromatic heterocycles. The fourth-order valence-corrected chi connectivity index (χ4v) is 2.42. The fraction of sp³-hybridized carbons (Fsp3) is 1.00. The SMILES string of the molecule is CCC1CCC(NC(C)CCO)CC1. The number of hydrogen-bond acceptors (Lipinski definition) is 2. The van der Waals surface area contributed by atoms with Gasteiger partial charge in [-0.2, -0.15) is 0 Å². The van der Waals surface area contributed by atoms with Crippen LogP contribution in [0.5, 0.6) is 0 Å². The molecule has 0 aromatic carbocycles. The van der Waals surface area contributed by atoms with Crippen LogP contribution in [-0.4, -0.2) is 23.8 Å². The number of aliphatic hydroxyl groups is 1. The highest BCUT2D eigenvalue weighted by Crippen LogP contribution is 2.26. The molecule has 2 N–H and O–H groups in total. The van der Waals surface area contributed by atoms with E-state index in [0.717, 1.165) is 12.3 Å². The second-order valence-corrected chi connectivity index (χ2v) is 4.71. The van der Waals surface area contributed by atoms with Crippen molar-refractivity contribution in [1.29, 1.82) is 0 Å². The summed E-state index contributed by atoms with van der Waals surface area (Å²) in [5, 5.41) is 12.4. The molecule has 0 bridgehead atoms. The van der Waals surface area contributed by atoms with Crippen molar-refractivity contribution in [2.75, 3.05) is 6.61 Å². The van der Waals surface area contributed by atoms with Crippen LogP contribution < -0.4 is 5.32 Å². The summed E-state index contributed by atoms with van der Waals surface area (Å²) in [7, 11) is 0. The third-order valence-corrected chi connectivity index (χ3v) is 3.51. The van der Waals surface area contributed by atoms with Crippen LogP contribution in [0, 0.1) is 5.92 Å². The molecular weight excluding hydrogens is 174 g/mol. The van der Waals surface area contributed by atoms with Gasteiger partial charge in [0, 0.05) is 18.7 Å². The van der Waals surface area contributed by atoms with Gasteiger partial charge >= 0.3 is 0 Å². The molecular formula is C12H25NO. The van der Waals surface area contributed by atoms with Crippen molar-refractivity contribution in [2.24, 2.45) is 5.92 Å². The van der Waals surface area contributed by atoms with Crippen molar-refractivity contribution < 1.29 is 5.11 Å². The van der Waals surface area contributed by atoms with Crippen molar-refractivity contribution in [1.82, 2.24) is 5.32 Å². The minimum absolute atomic E-state index is 0.304. The Labute approximate surface area is 88.1 Å². The highest BCUT2D eigenvalue weighted by atomic mass is 16.3. The molecule has 1 unspecified atom stereocenters. The smallest absolute Gasteiger partial charge is 0.0445 e. The average Bonchev–Trinajstić information content (AvgIpc) is 2.19. The summed E-state index contributed by atoms with van der Waals surface area (Å²) in [6.07, 6.45) is 7.66. The highest BCUT2D eigenvalue weighted by molar-refractivity contribution is 4.78. The van der Waals surface area contributed by atoms with Gasteiger partial charge in [-0.1, -0.05) is 13.3 Å². The third kappa shape index (κ3) is 3.97. The van der Waals surface area contributed by atoms with Crippen LogP contribution in [0.4, 0.5) is 0 Å². The summed E-state index contributed by atoms with van der Waals surface area (Å²) in [5.74, 6) is 0.973. The molecule has 0 spiro atoms. The molecule has 1 atom stereocenters. The Balaban J connectivity index is 2.15. The maximum atomic E-state index is 8.81. The van der Waals surface area contributed by atoms with Crippen LogP contribution in [0.15, 0.2) is 0 Å². The lowest BCUT2D eigenvalue weighted by Crippen LogP contribution is -2.39. The number of hydrogen-bond donors (Lipinski definition) is 2. The van der Waals surface area contributed by atoms with Gasteiger partial charge in [-0.25, -0.2) is 0 Å². The Kier molecular flexibility index (Phi) is 5.49. The molecule has 0 radical (unpaired) electrons. The topological polar surface area (TPSA) is 32.3 Å². The molecule has 84 valence electrons. The van der Waals surface area contributed by atoms with Gasteiger partial charge in [0.25, 0.3) is 0 Å². The predicted molar refractivity (Wildman–Crippen MR) is 60.3 cm³/mol. The zero-order chi connectivity index (χ0) is 10.4. The normalized spacial score (nSPS) is 30.2. The molecule has 0 aromatic rings. The largest absolute Gasteiger partial charge is 0.396 e. The van der Waals surface area contributed by atoms with E-state index < -0.39 is 0 Å². The zero-order valence-corrected chi connectivity index (χ0v) is 9.63. The molecule has 0 aliphatic heterocycles. The lowest BCUT2D eigenvalue weighted by molar-refractivity contribution is 0.237. The fourth-order valence-electron chi connectivity index (χ4n) is 2.42. The Morgan fingerprint density at radius 1 is 1.29 bits per heavy atom. The standard InChI is InChI=1S/C12H25NO/c1-3-11-4-6-12(7-5-11)13-10(2)8-9-14/h10-14H,3-9H2,1-2H3. The van der Waals surface area contributed by atoms with E-state index in [-0.39, 0.29) is 0 Å². The van der Waals surface area contributed by atoms with Gasteiger partial charge in [0.1, 0.15) is 0 Å². The van der Waals surface area contributed by atoms with Gasteiger partial charge < -0.3 is 10.4 Å². The molecule has 0 amide bonds. The number of nitrogens with one attached hydrogen (secondary N) is 1. The second kappa shape index (κ2) is 6.41. The van der Waals surface area contributed by atoms with Gasteiger partial charge in [0.05, 0.1) is 0 Å². The second-order valence-electron chi connectivity index (χ2n) is 4.71. The predicted octanol–water partition coefficient (Wildman–Crippen LogP) is 2.32. The van der Waals surface area contributed by atoms with E-state index in [0.29, 0.717) is 18.7 Å². The Bertz CT molecular complexity index is 141. The summed E-state index contributed by atoms with van der Waals surface area (Å²) in [5.41, 5.74) is 0. The van der Waals surface area contributed by atoms with Gasteiger partial charge in [-0.15, -0.1) is 0 Å². The molecule has 1 saturated carbocycles. The third-order valence-electron chi connectivity index (χ3n) is 3.51. The summed E-state index contributed by atoms with van der Waals surface area (Å²) in [6.45, 7) is 4.77. The van der Waals surface area contributed by atoms with Crippen LogP contribution in [0.25, 0.3) is 0 Å². The summed E-state index contributed by atoms with van der Waals surface area (Å²) in [6, 6.07) is 1.18. The average molecular weight is 199 g/mol. The summed E-state index contributed by atoms with van der Waals surface area (Å²) in [4.78, 5) is 0. The molecule has 0 saturated heterocycles. The van der Waals surface area contributed by atoms with Crippen molar-refractivity contribution in [2.45, 2.75) is 64.5 Å². The van der Waals surface area contributed by atoms with Gasteiger partial charge in [0.15, 0.2) is 0 Å². The monoisotopic (exact) mass is 199 g/mol. The Hall–Kier alpha value is -0.0800. The van der Waals surface area contributed by atoms with Gasteiger partial charge in [-0.05, 0) is 44.9 Å². The highest BCUT2D eigenvalue weighted by Gasteiger charge is 2.20. The van der Waals surface area contributed by atoms with E-state index in [1.807, 2.05) is 0 Å². The van der Waals surface area contributed by atoms with Crippen LogP contribution in [0.3, 0.4) is 0 Å². The van der Waals surface area contributed by atoms with Crippen LogP contribution in [0.1, 0.15) is 52.4 Å². The zero-order valence-electron chi connectivity index (χ0n) is 9.63. The van der Waals surface area contributed by atoms with Crippen molar-refractivity contribution in [3.63, 3.8) is 0 Å². The van der Waals surface area contributed by atoms with E-state index in [1.54, 1.807) is 0 Å². The Morgan fingerprint density at radius 2 is 1.93 bits per heavy atom. The summed E-state index contributed by atoms with van der Waals surface area (Å²) < 4.78 is 0. The number of rotatable bonds is 5. The van der Waals surface area contributed by atoms with E-state index in [9.17, 15) is 0 Å². The maximum absolute atomic E-state index is 8.81. The molecule has 2 nitrogen and oxygen atoms in total. The minimum atomic E-state index is 0.304. The lowest BCUT2D eigenvalue weighted by atomic mass is 9.84. The first-order valence-corrected chi connectivity index (χ1v) is 6.13. The van der Waals surface area contributed by atoms with E-state index in [2.05, 4.69) is 19.2 Å². The molecule has 1 aliphatic carbocycles. The molecule has 14 heavy (non-hydrogen) atoms. The Morgan fingerprint density at radius 3 is 2.43 bits per heavy atom. The van der Waals surface area contributed by atoms with Crippen LogP contribution in [-0.2, 0) is 0 Å². The van der Waals surface area contributed by atoms with E-state index >= 15 is 0 Å². The van der Waals surface area contributed by atoms with Crippen LogP contribution in [0.2, 0.25) is 0 Å². The quantitative estimate of drug-likeness (QED) is 0.712. The van der Waals surface area contributed by atoms with Crippen molar-refractivity contribution >= 4 is 0 Å². The molecule has 0 heterocycles. The van der Waals surface area contributed by atoms with Crippen molar-refractivity contribution in [3.8, 4) is 0 Å².